The van der Waals surface area contributed by atoms with Crippen LogP contribution in [0.15, 0.2) is 91.0 Å². The molecule has 0 unspecified atom stereocenters. The highest BCUT2D eigenvalue weighted by Crippen LogP contribution is 2.38. The average Bonchev–Trinajstić information content (AvgIpc) is 2.96. The summed E-state index contributed by atoms with van der Waals surface area (Å²) in [4.78, 5) is 27.4. The summed E-state index contributed by atoms with van der Waals surface area (Å²) in [5.74, 6) is -0.536. The first-order valence-electron chi connectivity index (χ1n) is 11.9. The molecule has 0 saturated carbocycles. The number of carbonyl (C=O) groups excluding carboxylic acids is 2. The van der Waals surface area contributed by atoms with Gasteiger partial charge in [0.25, 0.3) is 11.8 Å². The maximum absolute atomic E-state index is 13.5. The topological polar surface area (TPSA) is 127 Å². The van der Waals surface area contributed by atoms with Gasteiger partial charge >= 0.3 is 0 Å². The van der Waals surface area contributed by atoms with Crippen molar-refractivity contribution in [3.8, 4) is 28.4 Å². The third-order valence-electron chi connectivity index (χ3n) is 5.97. The second-order valence-corrected chi connectivity index (χ2v) is 8.39. The molecule has 0 aliphatic heterocycles. The van der Waals surface area contributed by atoms with Gasteiger partial charge in [0.2, 0.25) is 5.75 Å². The lowest BCUT2D eigenvalue weighted by Crippen LogP contribution is -2.41. The summed E-state index contributed by atoms with van der Waals surface area (Å²) in [6.45, 7) is 0. The van der Waals surface area contributed by atoms with Crippen LogP contribution in [0.1, 0.15) is 20.7 Å². The van der Waals surface area contributed by atoms with Crippen LogP contribution < -0.4 is 30.2 Å². The van der Waals surface area contributed by atoms with Gasteiger partial charge in [-0.15, -0.1) is 0 Å². The number of methoxy groups -OCH3 is 3. The molecule has 4 N–H and O–H groups in total. The Labute approximate surface area is 226 Å². The van der Waals surface area contributed by atoms with Crippen LogP contribution in [0.3, 0.4) is 0 Å². The molecule has 4 aromatic rings. The maximum Gasteiger partial charge on any atom is 0.265 e. The Morgan fingerprint density at radius 1 is 0.744 bits per heavy atom. The molecule has 0 radical (unpaired) electrons. The van der Waals surface area contributed by atoms with Crippen molar-refractivity contribution < 1.29 is 23.8 Å². The summed E-state index contributed by atoms with van der Waals surface area (Å²) < 4.78 is 16.0. The van der Waals surface area contributed by atoms with Gasteiger partial charge in [0.1, 0.15) is 0 Å². The minimum Gasteiger partial charge on any atom is -0.493 e. The molecular weight excluding hydrogens is 496 g/mol. The maximum atomic E-state index is 13.5. The predicted molar refractivity (Wildman–Crippen MR) is 151 cm³/mol. The smallest absolute Gasteiger partial charge is 0.265 e. The molecule has 0 spiro atoms. The molecule has 0 aliphatic carbocycles. The fourth-order valence-electron chi connectivity index (χ4n) is 4.07. The second-order valence-electron chi connectivity index (χ2n) is 8.39. The molecule has 2 amide bonds. The number of nitrogens with one attached hydrogen (secondary N) is 2. The molecule has 0 saturated heterocycles. The fraction of sp³-hybridized carbons (Fsp3) is 0.100. The van der Waals surface area contributed by atoms with E-state index in [9.17, 15) is 9.59 Å². The van der Waals surface area contributed by atoms with E-state index >= 15 is 0 Å². The number of nitrogens with zero attached hydrogens (tertiary/aromatic N) is 1. The van der Waals surface area contributed by atoms with E-state index in [1.807, 2.05) is 42.5 Å². The highest BCUT2D eigenvalue weighted by Gasteiger charge is 2.24. The monoisotopic (exact) mass is 524 g/mol. The van der Waals surface area contributed by atoms with Gasteiger partial charge in [0, 0.05) is 16.8 Å². The highest BCUT2D eigenvalue weighted by molar-refractivity contribution is 6.21. The van der Waals surface area contributed by atoms with E-state index in [2.05, 4.69) is 5.32 Å². The van der Waals surface area contributed by atoms with Gasteiger partial charge in [0.05, 0.1) is 27.0 Å². The molecule has 4 rings (SSSR count). The Kier molecular flexibility index (Phi) is 8.11. The summed E-state index contributed by atoms with van der Waals surface area (Å²) in [5, 5.41) is 10.9. The number of hydrogen-bond acceptors (Lipinski definition) is 6. The van der Waals surface area contributed by atoms with Crippen molar-refractivity contribution in [1.29, 1.82) is 5.41 Å². The molecule has 0 heterocycles. The van der Waals surface area contributed by atoms with E-state index in [4.69, 9.17) is 25.4 Å². The number of amides is 2. The van der Waals surface area contributed by atoms with Crippen LogP contribution in [-0.2, 0) is 0 Å². The van der Waals surface area contributed by atoms with Crippen molar-refractivity contribution in [2.24, 2.45) is 5.73 Å². The normalized spacial score (nSPS) is 10.3. The van der Waals surface area contributed by atoms with Gasteiger partial charge in [-0.25, -0.2) is 4.90 Å². The van der Waals surface area contributed by atoms with E-state index in [-0.39, 0.29) is 23.0 Å². The van der Waals surface area contributed by atoms with Crippen LogP contribution in [0.25, 0.3) is 11.1 Å². The predicted octanol–water partition coefficient (Wildman–Crippen LogP) is 5.17. The summed E-state index contributed by atoms with van der Waals surface area (Å²) in [7, 11) is 4.34. The van der Waals surface area contributed by atoms with Crippen molar-refractivity contribution in [1.82, 2.24) is 0 Å². The van der Waals surface area contributed by atoms with Crippen molar-refractivity contribution in [2.45, 2.75) is 0 Å². The quantitative estimate of drug-likeness (QED) is 0.216. The second kappa shape index (κ2) is 11.8. The van der Waals surface area contributed by atoms with E-state index in [1.165, 1.54) is 33.5 Å². The Bertz CT molecular complexity index is 1480. The first kappa shape index (κ1) is 26.7. The van der Waals surface area contributed by atoms with Gasteiger partial charge < -0.3 is 25.3 Å². The number of rotatable bonds is 8. The van der Waals surface area contributed by atoms with E-state index < -0.39 is 11.9 Å². The highest BCUT2D eigenvalue weighted by atomic mass is 16.5. The number of benzene rings is 4. The number of guanidine groups is 1. The largest absolute Gasteiger partial charge is 0.493 e. The molecule has 0 fully saturated rings. The lowest BCUT2D eigenvalue weighted by atomic mass is 10.0. The van der Waals surface area contributed by atoms with Gasteiger partial charge in [0.15, 0.2) is 17.5 Å². The van der Waals surface area contributed by atoms with Gasteiger partial charge in [-0.2, -0.15) is 0 Å². The van der Waals surface area contributed by atoms with Gasteiger partial charge in [-0.1, -0.05) is 48.5 Å². The third kappa shape index (κ3) is 5.83. The van der Waals surface area contributed by atoms with Gasteiger partial charge in [-0.05, 0) is 53.6 Å². The fourth-order valence-corrected chi connectivity index (χ4v) is 4.07. The molecule has 9 heteroatoms. The summed E-state index contributed by atoms with van der Waals surface area (Å²) >= 11 is 0. The van der Waals surface area contributed by atoms with Gasteiger partial charge in [-0.3, -0.25) is 15.0 Å². The van der Waals surface area contributed by atoms with Crippen LogP contribution in [0, 0.1) is 5.41 Å². The molecular formula is C30H28N4O5. The van der Waals surface area contributed by atoms with Crippen LogP contribution >= 0.6 is 0 Å². The number of nitrogens with two attached hydrogens (primary N) is 1. The zero-order valence-corrected chi connectivity index (χ0v) is 21.7. The van der Waals surface area contributed by atoms with E-state index in [0.29, 0.717) is 22.7 Å². The molecule has 0 aliphatic rings. The summed E-state index contributed by atoms with van der Waals surface area (Å²) in [6.07, 6.45) is 0. The molecule has 0 atom stereocenters. The SMILES string of the molecule is COc1cc(C(=O)N(C(=N)N)c2cccc(NC(=O)c3ccc(-c4ccccc4)cc3)c2)cc(OC)c1OC. The molecule has 39 heavy (non-hydrogen) atoms. The Balaban J connectivity index is 1.58. The van der Waals surface area contributed by atoms with Crippen LogP contribution in [0.4, 0.5) is 11.4 Å². The third-order valence-corrected chi connectivity index (χ3v) is 5.97. The standard InChI is InChI=1S/C30H28N4O5/c1-37-25-16-22(17-26(38-2)27(25)39-3)29(36)34(30(31)32)24-11-7-10-23(18-24)33-28(35)21-14-12-20(13-15-21)19-8-5-4-6-9-19/h4-18H,1-3H3,(H3,31,32)(H,33,35). The van der Waals surface area contributed by atoms with Crippen molar-refractivity contribution in [3.05, 3.63) is 102 Å². The lowest BCUT2D eigenvalue weighted by molar-refractivity contribution is 0.0999. The Morgan fingerprint density at radius 2 is 1.36 bits per heavy atom. The molecule has 4 aromatic carbocycles. The number of carbonyl (C=O) groups is 2. The zero-order valence-electron chi connectivity index (χ0n) is 21.7. The Morgan fingerprint density at radius 3 is 1.92 bits per heavy atom. The Hall–Kier alpha value is -5.31. The zero-order chi connectivity index (χ0) is 27.9. The first-order chi connectivity index (χ1) is 18.9. The van der Waals surface area contributed by atoms with Crippen LogP contribution in [0.2, 0.25) is 0 Å². The summed E-state index contributed by atoms with van der Waals surface area (Å²) in [6, 6.07) is 26.6. The van der Waals surface area contributed by atoms with E-state index in [1.54, 1.807) is 36.4 Å². The van der Waals surface area contributed by atoms with Crippen LogP contribution in [0.5, 0.6) is 17.2 Å². The molecule has 0 aromatic heterocycles. The first-order valence-corrected chi connectivity index (χ1v) is 11.9. The minimum atomic E-state index is -0.596. The average molecular weight is 525 g/mol. The van der Waals surface area contributed by atoms with E-state index in [0.717, 1.165) is 16.0 Å². The number of hydrogen-bond donors (Lipinski definition) is 3. The minimum absolute atomic E-state index is 0.160. The van der Waals surface area contributed by atoms with Crippen molar-refractivity contribution in [2.75, 3.05) is 31.5 Å². The molecule has 9 nitrogen and oxygen atoms in total. The van der Waals surface area contributed by atoms with Crippen molar-refractivity contribution >= 4 is 29.1 Å². The lowest BCUT2D eigenvalue weighted by Gasteiger charge is -2.22. The van der Waals surface area contributed by atoms with Crippen LogP contribution in [-0.4, -0.2) is 39.1 Å². The number of ether oxygens (including phenoxy) is 3. The van der Waals surface area contributed by atoms with Crippen molar-refractivity contribution in [3.63, 3.8) is 0 Å². The number of anilines is 2. The molecule has 198 valence electrons. The summed E-state index contributed by atoms with van der Waals surface area (Å²) in [5.41, 5.74) is 9.22. The molecule has 0 bridgehead atoms.